The largest absolute Gasteiger partial charge is 0.336 e. The van der Waals surface area contributed by atoms with Gasteiger partial charge in [0.1, 0.15) is 0 Å². The number of carbonyl (C=O) groups excluding carboxylic acids is 1. The topological polar surface area (TPSA) is 46.1 Å². The second-order valence-electron chi connectivity index (χ2n) is 7.21. The lowest BCUT2D eigenvalue weighted by Crippen LogP contribution is -2.42. The predicted molar refractivity (Wildman–Crippen MR) is 109 cm³/mol. The van der Waals surface area contributed by atoms with Crippen LogP contribution in [0.4, 0.5) is 0 Å². The predicted octanol–water partition coefficient (Wildman–Crippen LogP) is 5.27. The number of nitrogens with zero attached hydrogens (tertiary/aromatic N) is 3. The van der Waals surface area contributed by atoms with Gasteiger partial charge >= 0.3 is 0 Å². The molecule has 0 spiro atoms. The Bertz CT molecular complexity index is 1000. The number of carbonyl (C=O) groups is 1. The fourth-order valence-electron chi connectivity index (χ4n) is 3.80. The highest BCUT2D eigenvalue weighted by Gasteiger charge is 2.26. The second kappa shape index (κ2) is 7.28. The van der Waals surface area contributed by atoms with Gasteiger partial charge in [-0.25, -0.2) is 4.98 Å². The molecule has 3 aromatic rings. The van der Waals surface area contributed by atoms with Gasteiger partial charge in [0.25, 0.3) is 5.91 Å². The Labute approximate surface area is 164 Å². The summed E-state index contributed by atoms with van der Waals surface area (Å²) in [7, 11) is 0. The van der Waals surface area contributed by atoms with Crippen LogP contribution in [0.15, 0.2) is 42.7 Å². The summed E-state index contributed by atoms with van der Waals surface area (Å²) in [5.74, 6) is 0.0708. The molecule has 0 radical (unpaired) electrons. The van der Waals surface area contributed by atoms with Crippen LogP contribution in [0, 0.1) is 6.92 Å². The molecule has 0 unspecified atom stereocenters. The van der Waals surface area contributed by atoms with Crippen LogP contribution < -0.4 is 0 Å². The molecule has 27 heavy (non-hydrogen) atoms. The summed E-state index contributed by atoms with van der Waals surface area (Å²) in [4.78, 5) is 24.5. The SMILES string of the molecule is Cc1c(Cl)ccc2c(C(=O)N3CCCC[C@H]3C)cc(-c3cccnc3)nc12. The summed E-state index contributed by atoms with van der Waals surface area (Å²) < 4.78 is 0. The lowest BCUT2D eigenvalue weighted by Gasteiger charge is -2.33. The lowest BCUT2D eigenvalue weighted by molar-refractivity contribution is 0.0637. The number of aryl methyl sites for hydroxylation is 1. The number of rotatable bonds is 2. The van der Waals surface area contributed by atoms with Crippen LogP contribution in [0.25, 0.3) is 22.2 Å². The van der Waals surface area contributed by atoms with Crippen molar-refractivity contribution in [1.29, 1.82) is 0 Å². The van der Waals surface area contributed by atoms with Gasteiger partial charge in [-0.3, -0.25) is 9.78 Å². The maximum absolute atomic E-state index is 13.5. The first-order valence-electron chi connectivity index (χ1n) is 9.37. The lowest BCUT2D eigenvalue weighted by atomic mass is 9.98. The van der Waals surface area contributed by atoms with Crippen LogP contribution >= 0.6 is 11.6 Å². The minimum atomic E-state index is 0.0708. The Kier molecular flexibility index (Phi) is 4.83. The average molecular weight is 380 g/mol. The Balaban J connectivity index is 1.92. The van der Waals surface area contributed by atoms with E-state index < -0.39 is 0 Å². The number of halogens is 1. The third kappa shape index (κ3) is 3.30. The van der Waals surface area contributed by atoms with E-state index in [4.69, 9.17) is 16.6 Å². The molecule has 5 heteroatoms. The summed E-state index contributed by atoms with van der Waals surface area (Å²) >= 11 is 6.34. The molecule has 1 atom stereocenters. The zero-order valence-corrected chi connectivity index (χ0v) is 16.3. The van der Waals surface area contributed by atoms with Crippen molar-refractivity contribution in [2.45, 2.75) is 39.2 Å². The van der Waals surface area contributed by atoms with Crippen LogP contribution in [0.2, 0.25) is 5.02 Å². The van der Waals surface area contributed by atoms with Crippen molar-refractivity contribution >= 4 is 28.4 Å². The van der Waals surface area contributed by atoms with Crippen LogP contribution in [-0.2, 0) is 0 Å². The maximum atomic E-state index is 13.5. The Morgan fingerprint density at radius 2 is 2.11 bits per heavy atom. The van der Waals surface area contributed by atoms with Gasteiger partial charge in [0, 0.05) is 41.0 Å². The molecule has 0 N–H and O–H groups in total. The summed E-state index contributed by atoms with van der Waals surface area (Å²) in [6, 6.07) is 9.74. The van der Waals surface area contributed by atoms with E-state index >= 15 is 0 Å². The minimum absolute atomic E-state index is 0.0708. The molecule has 1 fully saturated rings. The molecule has 4 nitrogen and oxygen atoms in total. The van der Waals surface area contributed by atoms with Crippen molar-refractivity contribution in [1.82, 2.24) is 14.9 Å². The molecular weight excluding hydrogens is 358 g/mol. The van der Waals surface area contributed by atoms with Crippen molar-refractivity contribution in [2.24, 2.45) is 0 Å². The average Bonchev–Trinajstić information content (AvgIpc) is 2.70. The zero-order valence-electron chi connectivity index (χ0n) is 15.6. The molecule has 1 aromatic carbocycles. The van der Waals surface area contributed by atoms with Crippen molar-refractivity contribution < 1.29 is 4.79 Å². The third-order valence-electron chi connectivity index (χ3n) is 5.42. The quantitative estimate of drug-likeness (QED) is 0.609. The molecule has 138 valence electrons. The van der Waals surface area contributed by atoms with Crippen LogP contribution in [0.1, 0.15) is 42.1 Å². The molecule has 1 aliphatic rings. The highest BCUT2D eigenvalue weighted by atomic mass is 35.5. The Morgan fingerprint density at radius 1 is 1.26 bits per heavy atom. The number of pyridine rings is 2. The van der Waals surface area contributed by atoms with Gasteiger partial charge in [-0.15, -0.1) is 0 Å². The molecular formula is C22H22ClN3O. The zero-order chi connectivity index (χ0) is 19.0. The second-order valence-corrected chi connectivity index (χ2v) is 7.62. The van der Waals surface area contributed by atoms with Gasteiger partial charge in [0.2, 0.25) is 0 Å². The molecule has 1 amide bonds. The third-order valence-corrected chi connectivity index (χ3v) is 5.83. The van der Waals surface area contributed by atoms with Gasteiger partial charge in [0.05, 0.1) is 16.8 Å². The molecule has 4 rings (SSSR count). The van der Waals surface area contributed by atoms with E-state index in [1.54, 1.807) is 12.4 Å². The summed E-state index contributed by atoms with van der Waals surface area (Å²) in [6.45, 7) is 4.88. The van der Waals surface area contributed by atoms with Gasteiger partial charge in [-0.1, -0.05) is 17.7 Å². The van der Waals surface area contributed by atoms with Gasteiger partial charge in [-0.05, 0) is 62.9 Å². The number of fused-ring (bicyclic) bond motifs is 1. The first kappa shape index (κ1) is 17.9. The van der Waals surface area contributed by atoms with Crippen LogP contribution in [-0.4, -0.2) is 33.4 Å². The molecule has 3 heterocycles. The number of benzene rings is 1. The maximum Gasteiger partial charge on any atom is 0.254 e. The van der Waals surface area contributed by atoms with E-state index in [1.807, 2.05) is 42.2 Å². The summed E-state index contributed by atoms with van der Waals surface area (Å²) in [5, 5.41) is 1.51. The van der Waals surface area contributed by atoms with Crippen molar-refractivity contribution in [2.75, 3.05) is 6.54 Å². The number of hydrogen-bond acceptors (Lipinski definition) is 3. The standard InChI is InChI=1S/C22H22ClN3O/c1-14-6-3-4-11-26(14)22(27)18-12-20(16-7-5-10-24-13-16)25-21-15(2)19(23)9-8-17(18)21/h5,7-10,12-14H,3-4,6,11H2,1-2H3/t14-/m1/s1. The summed E-state index contributed by atoms with van der Waals surface area (Å²) in [5.41, 5.74) is 3.98. The molecule has 1 aliphatic heterocycles. The van der Waals surface area contributed by atoms with Gasteiger partial charge in [0.15, 0.2) is 0 Å². The molecule has 0 aliphatic carbocycles. The van der Waals surface area contributed by atoms with E-state index in [1.165, 1.54) is 6.42 Å². The molecule has 1 saturated heterocycles. The first-order valence-corrected chi connectivity index (χ1v) is 9.75. The van der Waals surface area contributed by atoms with Crippen LogP contribution in [0.5, 0.6) is 0 Å². The Morgan fingerprint density at radius 3 is 2.85 bits per heavy atom. The molecule has 2 aromatic heterocycles. The van der Waals surface area contributed by atoms with Crippen LogP contribution in [0.3, 0.4) is 0 Å². The normalized spacial score (nSPS) is 17.3. The summed E-state index contributed by atoms with van der Waals surface area (Å²) in [6.07, 6.45) is 6.78. The first-order chi connectivity index (χ1) is 13.1. The van der Waals surface area contributed by atoms with E-state index in [-0.39, 0.29) is 11.9 Å². The van der Waals surface area contributed by atoms with E-state index in [9.17, 15) is 4.79 Å². The van der Waals surface area contributed by atoms with Gasteiger partial charge < -0.3 is 4.90 Å². The van der Waals surface area contributed by atoms with Gasteiger partial charge in [-0.2, -0.15) is 0 Å². The minimum Gasteiger partial charge on any atom is -0.336 e. The Hall–Kier alpha value is -2.46. The smallest absolute Gasteiger partial charge is 0.254 e. The fourth-order valence-corrected chi connectivity index (χ4v) is 3.95. The van der Waals surface area contributed by atoms with Crippen molar-refractivity contribution in [3.8, 4) is 11.3 Å². The number of amides is 1. The van der Waals surface area contributed by atoms with Crippen molar-refractivity contribution in [3.63, 3.8) is 0 Å². The highest BCUT2D eigenvalue weighted by Crippen LogP contribution is 2.31. The van der Waals surface area contributed by atoms with E-state index in [0.717, 1.165) is 47.1 Å². The number of hydrogen-bond donors (Lipinski definition) is 0. The monoisotopic (exact) mass is 379 g/mol. The molecule has 0 saturated carbocycles. The van der Waals surface area contributed by atoms with E-state index in [0.29, 0.717) is 10.6 Å². The van der Waals surface area contributed by atoms with E-state index in [2.05, 4.69) is 11.9 Å². The number of piperidine rings is 1. The number of aromatic nitrogens is 2. The van der Waals surface area contributed by atoms with Crippen molar-refractivity contribution in [3.05, 3.63) is 58.9 Å². The number of likely N-dealkylation sites (tertiary alicyclic amines) is 1. The highest BCUT2D eigenvalue weighted by molar-refractivity contribution is 6.32. The fraction of sp³-hybridized carbons (Fsp3) is 0.318. The molecule has 0 bridgehead atoms.